The van der Waals surface area contributed by atoms with Crippen LogP contribution in [0.5, 0.6) is 5.75 Å². The average Bonchev–Trinajstić information content (AvgIpc) is 3.38. The summed E-state index contributed by atoms with van der Waals surface area (Å²) in [5.41, 5.74) is 7.95. The third-order valence-corrected chi connectivity index (χ3v) is 5.91. The number of aliphatic imine (C=N–C) groups is 2. The van der Waals surface area contributed by atoms with E-state index in [9.17, 15) is 0 Å². The first kappa shape index (κ1) is 22.5. The third-order valence-electron chi connectivity index (χ3n) is 5.91. The summed E-state index contributed by atoms with van der Waals surface area (Å²) < 4.78 is 7.42. The molecule has 1 aromatic heterocycles. The lowest BCUT2D eigenvalue weighted by Gasteiger charge is -2.22. The van der Waals surface area contributed by atoms with E-state index in [1.54, 1.807) is 11.8 Å². The summed E-state index contributed by atoms with van der Waals surface area (Å²) in [6, 6.07) is 16.5. The summed E-state index contributed by atoms with van der Waals surface area (Å²) >= 11 is 0. The Morgan fingerprint density at radius 1 is 0.970 bits per heavy atom. The molecule has 3 aromatic rings. The van der Waals surface area contributed by atoms with Crippen LogP contribution in [0.25, 0.3) is 6.08 Å². The van der Waals surface area contributed by atoms with Crippen LogP contribution in [0.3, 0.4) is 0 Å². The van der Waals surface area contributed by atoms with E-state index in [2.05, 4.69) is 55.0 Å². The number of methoxy groups -OCH3 is 1. The van der Waals surface area contributed by atoms with E-state index >= 15 is 0 Å². The number of hydrogen-bond acceptors (Lipinski definition) is 5. The fourth-order valence-electron chi connectivity index (χ4n) is 4.16. The zero-order valence-electron chi connectivity index (χ0n) is 20.3. The molecule has 2 heterocycles. The second-order valence-corrected chi connectivity index (χ2v) is 8.15. The number of aromatic nitrogens is 2. The Labute approximate surface area is 196 Å². The summed E-state index contributed by atoms with van der Waals surface area (Å²) in [7, 11) is 1.68. The van der Waals surface area contributed by atoms with Crippen molar-refractivity contribution in [3.8, 4) is 5.75 Å². The highest BCUT2D eigenvalue weighted by Crippen LogP contribution is 2.29. The van der Waals surface area contributed by atoms with Crippen LogP contribution in [0, 0.1) is 20.8 Å². The van der Waals surface area contributed by atoms with Crippen molar-refractivity contribution in [2.45, 2.75) is 34.6 Å². The van der Waals surface area contributed by atoms with E-state index in [1.165, 1.54) is 11.3 Å². The molecule has 1 aliphatic rings. The minimum Gasteiger partial charge on any atom is -0.496 e. The third kappa shape index (κ3) is 4.46. The van der Waals surface area contributed by atoms with Crippen molar-refractivity contribution >= 4 is 23.4 Å². The van der Waals surface area contributed by atoms with Crippen LogP contribution >= 0.6 is 0 Å². The van der Waals surface area contributed by atoms with Gasteiger partial charge in [0.25, 0.3) is 5.96 Å². The maximum atomic E-state index is 5.63. The Morgan fingerprint density at radius 2 is 1.73 bits per heavy atom. The number of para-hydroxylation sites is 1. The molecule has 0 radical (unpaired) electrons. The van der Waals surface area contributed by atoms with Crippen LogP contribution in [0.1, 0.15) is 41.9 Å². The zero-order chi connectivity index (χ0) is 23.5. The van der Waals surface area contributed by atoms with Crippen LogP contribution in [-0.2, 0) is 0 Å². The van der Waals surface area contributed by atoms with Gasteiger partial charge in [-0.15, -0.1) is 0 Å². The van der Waals surface area contributed by atoms with Gasteiger partial charge >= 0.3 is 0 Å². The van der Waals surface area contributed by atoms with Crippen molar-refractivity contribution in [2.24, 2.45) is 9.98 Å². The fraction of sp³-hybridized carbons (Fsp3) is 0.296. The van der Waals surface area contributed by atoms with Gasteiger partial charge in [0.2, 0.25) is 0 Å². The summed E-state index contributed by atoms with van der Waals surface area (Å²) in [5, 5.41) is 4.59. The van der Waals surface area contributed by atoms with Crippen molar-refractivity contribution in [1.29, 1.82) is 0 Å². The largest absolute Gasteiger partial charge is 0.496 e. The molecular formula is C27H31N5O. The number of allylic oxidation sites excluding steroid dienone is 1. The summed E-state index contributed by atoms with van der Waals surface area (Å²) in [4.78, 5) is 12.1. The standard InChI is InChI=1S/C27H31N5O/c1-7-31(8-2)22-14-13-21(18(3)15-22)17-24-26(23-11-9-10-12-25(23)33-6)29-27(28-24)32-20(5)16-19(4)30-32/h9-17H,7-8H2,1-6H3. The zero-order valence-corrected chi connectivity index (χ0v) is 20.3. The van der Waals surface area contributed by atoms with E-state index in [-0.39, 0.29) is 0 Å². The molecule has 6 heteroatoms. The molecule has 0 atom stereocenters. The quantitative estimate of drug-likeness (QED) is 0.514. The molecule has 2 aromatic carbocycles. The first-order valence-electron chi connectivity index (χ1n) is 11.4. The molecule has 6 nitrogen and oxygen atoms in total. The molecule has 1 aliphatic heterocycles. The Morgan fingerprint density at radius 3 is 2.36 bits per heavy atom. The molecule has 0 fully saturated rings. The fourth-order valence-corrected chi connectivity index (χ4v) is 4.16. The van der Waals surface area contributed by atoms with E-state index in [0.29, 0.717) is 5.96 Å². The van der Waals surface area contributed by atoms with Gasteiger partial charge in [0, 0.05) is 30.0 Å². The molecule has 0 saturated heterocycles. The lowest BCUT2D eigenvalue weighted by atomic mass is 10.0. The lowest BCUT2D eigenvalue weighted by molar-refractivity contribution is 0.414. The second-order valence-electron chi connectivity index (χ2n) is 8.15. The van der Waals surface area contributed by atoms with Crippen molar-refractivity contribution < 1.29 is 4.74 Å². The SMILES string of the molecule is CCN(CC)c1ccc(C=C2N=C(n3nc(C)cc3C)N=C2c2ccccc2OC)c(C)c1. The summed E-state index contributed by atoms with van der Waals surface area (Å²) in [6.07, 6.45) is 2.10. The first-order valence-corrected chi connectivity index (χ1v) is 11.4. The average molecular weight is 442 g/mol. The van der Waals surface area contributed by atoms with Gasteiger partial charge in [-0.3, -0.25) is 0 Å². The smallest absolute Gasteiger partial charge is 0.252 e. The number of rotatable bonds is 6. The van der Waals surface area contributed by atoms with Gasteiger partial charge in [-0.25, -0.2) is 14.7 Å². The van der Waals surface area contributed by atoms with E-state index in [4.69, 9.17) is 14.7 Å². The molecule has 0 unspecified atom stereocenters. The van der Waals surface area contributed by atoms with Crippen LogP contribution in [0.15, 0.2) is 64.2 Å². The maximum absolute atomic E-state index is 5.63. The predicted molar refractivity (Wildman–Crippen MR) is 137 cm³/mol. The molecular weight excluding hydrogens is 410 g/mol. The van der Waals surface area contributed by atoms with Crippen molar-refractivity contribution in [3.05, 3.63) is 82.3 Å². The number of hydrogen-bond donors (Lipinski definition) is 0. The van der Waals surface area contributed by atoms with Gasteiger partial charge in [0.15, 0.2) is 0 Å². The predicted octanol–water partition coefficient (Wildman–Crippen LogP) is 5.41. The monoisotopic (exact) mass is 441 g/mol. The normalized spacial score (nSPS) is 14.4. The minimum absolute atomic E-state index is 0.560. The van der Waals surface area contributed by atoms with Gasteiger partial charge in [-0.1, -0.05) is 18.2 Å². The number of anilines is 1. The molecule has 33 heavy (non-hydrogen) atoms. The Kier molecular flexibility index (Phi) is 6.45. The molecule has 170 valence electrons. The summed E-state index contributed by atoms with van der Waals surface area (Å²) in [6.45, 7) is 12.4. The molecule has 0 N–H and O–H groups in total. The highest BCUT2D eigenvalue weighted by Gasteiger charge is 2.23. The highest BCUT2D eigenvalue weighted by molar-refractivity contribution is 6.24. The van der Waals surface area contributed by atoms with Gasteiger partial charge in [0.1, 0.15) is 11.5 Å². The van der Waals surface area contributed by atoms with E-state index in [0.717, 1.165) is 52.8 Å². The molecule has 0 spiro atoms. The topological polar surface area (TPSA) is 55.0 Å². The molecule has 4 rings (SSSR count). The van der Waals surface area contributed by atoms with Crippen LogP contribution in [0.4, 0.5) is 5.69 Å². The molecule has 0 amide bonds. The van der Waals surface area contributed by atoms with E-state index < -0.39 is 0 Å². The lowest BCUT2D eigenvalue weighted by Crippen LogP contribution is -2.21. The van der Waals surface area contributed by atoms with Crippen molar-refractivity contribution in [1.82, 2.24) is 9.78 Å². The number of aryl methyl sites for hydroxylation is 3. The Balaban J connectivity index is 1.83. The van der Waals surface area contributed by atoms with Gasteiger partial charge in [-0.05, 0) is 82.2 Å². The van der Waals surface area contributed by atoms with Crippen LogP contribution in [-0.4, -0.2) is 41.7 Å². The first-order chi connectivity index (χ1) is 15.9. The van der Waals surface area contributed by atoms with Gasteiger partial charge in [-0.2, -0.15) is 5.10 Å². The molecule has 0 bridgehead atoms. The van der Waals surface area contributed by atoms with Crippen molar-refractivity contribution in [3.63, 3.8) is 0 Å². The van der Waals surface area contributed by atoms with Crippen LogP contribution in [0.2, 0.25) is 0 Å². The summed E-state index contributed by atoms with van der Waals surface area (Å²) in [5.74, 6) is 1.32. The molecule has 0 saturated carbocycles. The van der Waals surface area contributed by atoms with E-state index in [1.807, 2.05) is 44.2 Å². The maximum Gasteiger partial charge on any atom is 0.252 e. The minimum atomic E-state index is 0.560. The van der Waals surface area contributed by atoms with Crippen LogP contribution < -0.4 is 9.64 Å². The number of benzene rings is 2. The van der Waals surface area contributed by atoms with Gasteiger partial charge in [0.05, 0.1) is 18.5 Å². The second kappa shape index (κ2) is 9.45. The number of nitrogens with zero attached hydrogens (tertiary/aromatic N) is 5. The Hall–Kier alpha value is -3.67. The van der Waals surface area contributed by atoms with Crippen molar-refractivity contribution in [2.75, 3.05) is 25.1 Å². The highest BCUT2D eigenvalue weighted by atomic mass is 16.5. The Bertz CT molecular complexity index is 1260. The molecule has 0 aliphatic carbocycles. The number of ether oxygens (including phenoxy) is 1. The van der Waals surface area contributed by atoms with Gasteiger partial charge < -0.3 is 9.64 Å².